The number of benzene rings is 1. The summed E-state index contributed by atoms with van der Waals surface area (Å²) in [6, 6.07) is 9.55. The Hall–Kier alpha value is -1.35. The van der Waals surface area contributed by atoms with Crippen molar-refractivity contribution in [1.29, 1.82) is 0 Å². The van der Waals surface area contributed by atoms with Crippen molar-refractivity contribution >= 4 is 5.91 Å². The summed E-state index contributed by atoms with van der Waals surface area (Å²) in [5.41, 5.74) is 0.893. The maximum absolute atomic E-state index is 11.8. The van der Waals surface area contributed by atoms with Crippen LogP contribution in [0.3, 0.4) is 0 Å². The van der Waals surface area contributed by atoms with Gasteiger partial charge in [0.25, 0.3) is 0 Å². The zero-order chi connectivity index (χ0) is 12.1. The first kappa shape index (κ1) is 12.1. The molecule has 1 aliphatic rings. The van der Waals surface area contributed by atoms with Gasteiger partial charge in [0.2, 0.25) is 5.91 Å². The van der Waals surface area contributed by atoms with Crippen molar-refractivity contribution in [3.63, 3.8) is 0 Å². The van der Waals surface area contributed by atoms with Gasteiger partial charge in [-0.15, -0.1) is 0 Å². The van der Waals surface area contributed by atoms with Crippen LogP contribution in [0.5, 0.6) is 0 Å². The highest BCUT2D eigenvalue weighted by Gasteiger charge is 2.23. The van der Waals surface area contributed by atoms with Crippen LogP contribution in [0.15, 0.2) is 30.3 Å². The number of hydrogen-bond acceptors (Lipinski definition) is 2. The molecule has 92 valence electrons. The number of amides is 1. The van der Waals surface area contributed by atoms with E-state index in [4.69, 9.17) is 0 Å². The van der Waals surface area contributed by atoms with Crippen LogP contribution in [-0.2, 0) is 4.79 Å². The van der Waals surface area contributed by atoms with E-state index < -0.39 is 6.10 Å². The summed E-state index contributed by atoms with van der Waals surface area (Å²) in [6.45, 7) is 0.775. The lowest BCUT2D eigenvalue weighted by Gasteiger charge is -2.17. The van der Waals surface area contributed by atoms with E-state index in [9.17, 15) is 9.90 Å². The second-order valence-electron chi connectivity index (χ2n) is 4.65. The fourth-order valence-electron chi connectivity index (χ4n) is 2.31. The molecule has 3 nitrogen and oxygen atoms in total. The van der Waals surface area contributed by atoms with Gasteiger partial charge < -0.3 is 10.4 Å². The number of rotatable bonds is 3. The van der Waals surface area contributed by atoms with Gasteiger partial charge in [-0.1, -0.05) is 36.8 Å². The van der Waals surface area contributed by atoms with Gasteiger partial charge in [-0.05, 0) is 24.8 Å². The Morgan fingerprint density at radius 1 is 1.29 bits per heavy atom. The minimum atomic E-state index is -0.537. The first-order valence-electron chi connectivity index (χ1n) is 6.28. The van der Waals surface area contributed by atoms with E-state index in [-0.39, 0.29) is 11.8 Å². The molecular weight excluding hydrogens is 214 g/mol. The molecule has 2 atom stereocenters. The molecule has 1 saturated heterocycles. The molecule has 2 rings (SSSR count). The molecule has 1 amide bonds. The lowest BCUT2D eigenvalue weighted by Crippen LogP contribution is -2.29. The quantitative estimate of drug-likeness (QED) is 0.839. The number of carbonyl (C=O) groups excluding carboxylic acids is 1. The smallest absolute Gasteiger partial charge is 0.223 e. The predicted octanol–water partition coefficient (Wildman–Crippen LogP) is 2.03. The first-order chi connectivity index (χ1) is 8.27. The van der Waals surface area contributed by atoms with Crippen LogP contribution in [-0.4, -0.2) is 17.6 Å². The lowest BCUT2D eigenvalue weighted by atomic mass is 9.93. The topological polar surface area (TPSA) is 49.3 Å². The first-order valence-corrected chi connectivity index (χ1v) is 6.28. The van der Waals surface area contributed by atoms with Crippen molar-refractivity contribution in [1.82, 2.24) is 5.32 Å². The maximum Gasteiger partial charge on any atom is 0.223 e. The largest absolute Gasteiger partial charge is 0.388 e. The second-order valence-corrected chi connectivity index (χ2v) is 4.65. The number of nitrogens with one attached hydrogen (secondary N) is 1. The van der Waals surface area contributed by atoms with Gasteiger partial charge in [0, 0.05) is 12.5 Å². The molecule has 1 aliphatic heterocycles. The molecule has 0 bridgehead atoms. The molecule has 0 aromatic heterocycles. The Labute approximate surface area is 102 Å². The highest BCUT2D eigenvalue weighted by molar-refractivity contribution is 5.78. The van der Waals surface area contributed by atoms with Gasteiger partial charge in [-0.2, -0.15) is 0 Å². The summed E-state index contributed by atoms with van der Waals surface area (Å²) in [6.07, 6.45) is 2.98. The molecule has 1 aromatic carbocycles. The summed E-state index contributed by atoms with van der Waals surface area (Å²) in [5.74, 6) is 0.0465. The van der Waals surface area contributed by atoms with Crippen LogP contribution >= 0.6 is 0 Å². The zero-order valence-corrected chi connectivity index (χ0v) is 9.93. The highest BCUT2D eigenvalue weighted by Crippen LogP contribution is 2.25. The highest BCUT2D eigenvalue weighted by atomic mass is 16.3. The van der Waals surface area contributed by atoms with Crippen molar-refractivity contribution in [2.45, 2.75) is 31.8 Å². The van der Waals surface area contributed by atoms with Crippen molar-refractivity contribution in [2.75, 3.05) is 6.54 Å². The van der Waals surface area contributed by atoms with Gasteiger partial charge in [0.15, 0.2) is 0 Å². The predicted molar refractivity (Wildman–Crippen MR) is 66.4 cm³/mol. The van der Waals surface area contributed by atoms with Crippen molar-refractivity contribution in [2.24, 2.45) is 5.92 Å². The minimum Gasteiger partial charge on any atom is -0.388 e. The van der Waals surface area contributed by atoms with E-state index in [0.717, 1.165) is 31.4 Å². The molecule has 1 aromatic rings. The fourth-order valence-corrected chi connectivity index (χ4v) is 2.31. The van der Waals surface area contributed by atoms with Gasteiger partial charge in [0.05, 0.1) is 6.10 Å². The molecular formula is C14H19NO2. The molecule has 0 spiro atoms. The van der Waals surface area contributed by atoms with Crippen LogP contribution in [0.1, 0.15) is 37.4 Å². The van der Waals surface area contributed by atoms with E-state index >= 15 is 0 Å². The van der Waals surface area contributed by atoms with Crippen LogP contribution in [0.2, 0.25) is 0 Å². The minimum absolute atomic E-state index is 0.0484. The molecule has 3 heteroatoms. The number of aliphatic hydroxyl groups is 1. The standard InChI is InChI=1S/C14H19NO2/c16-13(11-6-2-1-3-7-11)10-12-8-4-5-9-15-14(12)17/h1-3,6-7,12-13,16H,4-5,8-10H2,(H,15,17). The Balaban J connectivity index is 1.97. The van der Waals surface area contributed by atoms with Crippen LogP contribution < -0.4 is 5.32 Å². The average molecular weight is 233 g/mol. The third-order valence-electron chi connectivity index (χ3n) is 3.34. The lowest BCUT2D eigenvalue weighted by molar-refractivity contribution is -0.125. The monoisotopic (exact) mass is 233 g/mol. The normalized spacial score (nSPS) is 22.6. The van der Waals surface area contributed by atoms with Gasteiger partial charge in [-0.3, -0.25) is 4.79 Å². The Morgan fingerprint density at radius 2 is 2.06 bits per heavy atom. The fraction of sp³-hybridized carbons (Fsp3) is 0.500. The summed E-state index contributed by atoms with van der Waals surface area (Å²) in [7, 11) is 0. The van der Waals surface area contributed by atoms with E-state index in [1.54, 1.807) is 0 Å². The molecule has 2 N–H and O–H groups in total. The Bertz CT molecular complexity index is 364. The van der Waals surface area contributed by atoms with Crippen LogP contribution in [0.4, 0.5) is 0 Å². The van der Waals surface area contributed by atoms with Gasteiger partial charge in [0.1, 0.15) is 0 Å². The van der Waals surface area contributed by atoms with Crippen molar-refractivity contribution in [3.05, 3.63) is 35.9 Å². The molecule has 2 unspecified atom stereocenters. The van der Waals surface area contributed by atoms with Crippen molar-refractivity contribution < 1.29 is 9.90 Å². The van der Waals surface area contributed by atoms with Crippen LogP contribution in [0.25, 0.3) is 0 Å². The zero-order valence-electron chi connectivity index (χ0n) is 9.93. The average Bonchev–Trinajstić information content (AvgIpc) is 2.56. The summed E-state index contributed by atoms with van der Waals surface area (Å²) < 4.78 is 0. The van der Waals surface area contributed by atoms with E-state index in [2.05, 4.69) is 5.32 Å². The number of carbonyl (C=O) groups is 1. The molecule has 17 heavy (non-hydrogen) atoms. The molecule has 1 heterocycles. The number of hydrogen-bond donors (Lipinski definition) is 2. The number of aliphatic hydroxyl groups excluding tert-OH is 1. The van der Waals surface area contributed by atoms with E-state index in [1.807, 2.05) is 30.3 Å². The summed E-state index contributed by atoms with van der Waals surface area (Å²) in [4.78, 5) is 11.8. The molecule has 0 saturated carbocycles. The van der Waals surface area contributed by atoms with Gasteiger partial charge >= 0.3 is 0 Å². The van der Waals surface area contributed by atoms with E-state index in [1.165, 1.54) is 0 Å². The SMILES string of the molecule is O=C1NCCCCC1CC(O)c1ccccc1. The Morgan fingerprint density at radius 3 is 2.82 bits per heavy atom. The van der Waals surface area contributed by atoms with Crippen molar-refractivity contribution in [3.8, 4) is 0 Å². The van der Waals surface area contributed by atoms with E-state index in [0.29, 0.717) is 6.42 Å². The van der Waals surface area contributed by atoms with Crippen LogP contribution in [0, 0.1) is 5.92 Å². The molecule has 0 radical (unpaired) electrons. The molecule has 1 fully saturated rings. The second kappa shape index (κ2) is 5.82. The van der Waals surface area contributed by atoms with Gasteiger partial charge in [-0.25, -0.2) is 0 Å². The summed E-state index contributed by atoms with van der Waals surface area (Å²) in [5, 5.41) is 13.0. The summed E-state index contributed by atoms with van der Waals surface area (Å²) >= 11 is 0. The maximum atomic E-state index is 11.8. The third-order valence-corrected chi connectivity index (χ3v) is 3.34. The Kier molecular flexibility index (Phi) is 4.15. The third kappa shape index (κ3) is 3.30. The molecule has 0 aliphatic carbocycles.